The predicted molar refractivity (Wildman–Crippen MR) is 108 cm³/mol. The molecule has 0 aliphatic carbocycles. The van der Waals surface area contributed by atoms with E-state index in [1.54, 1.807) is 60.7 Å². The predicted octanol–water partition coefficient (Wildman–Crippen LogP) is 5.18. The molecule has 3 rings (SSSR count). The maximum absolute atomic E-state index is 12.4. The van der Waals surface area contributed by atoms with Crippen LogP contribution in [0, 0.1) is 0 Å². The third-order valence-electron chi connectivity index (χ3n) is 3.88. The zero-order valence-electron chi connectivity index (χ0n) is 14.2. The Hall–Kier alpha value is -2.82. The molecule has 0 saturated heterocycles. The number of hydrogen-bond acceptors (Lipinski definition) is 2. The highest BCUT2D eigenvalue weighted by Gasteiger charge is 2.12. The Balaban J connectivity index is 1.67. The average Bonchev–Trinajstić information content (AvgIpc) is 2.69. The van der Waals surface area contributed by atoms with Crippen molar-refractivity contribution < 1.29 is 9.59 Å². The molecule has 136 valence electrons. The Morgan fingerprint density at radius 1 is 0.778 bits per heavy atom. The van der Waals surface area contributed by atoms with E-state index in [1.807, 2.05) is 12.1 Å². The molecule has 0 spiro atoms. The normalized spacial score (nSPS) is 10.3. The number of hydrogen-bond donors (Lipinski definition) is 2. The van der Waals surface area contributed by atoms with Crippen molar-refractivity contribution in [2.75, 3.05) is 5.32 Å². The van der Waals surface area contributed by atoms with Gasteiger partial charge in [-0.1, -0.05) is 53.5 Å². The third kappa shape index (κ3) is 5.09. The van der Waals surface area contributed by atoms with Crippen LogP contribution in [0.4, 0.5) is 5.69 Å². The van der Waals surface area contributed by atoms with Gasteiger partial charge in [-0.3, -0.25) is 9.59 Å². The Labute approximate surface area is 167 Å². The summed E-state index contributed by atoms with van der Waals surface area (Å²) in [6, 6.07) is 20.7. The molecule has 0 aliphatic heterocycles. The van der Waals surface area contributed by atoms with Gasteiger partial charge in [-0.25, -0.2) is 0 Å². The van der Waals surface area contributed by atoms with E-state index in [0.717, 1.165) is 5.56 Å². The van der Waals surface area contributed by atoms with Crippen LogP contribution in [0.2, 0.25) is 10.0 Å². The van der Waals surface area contributed by atoms with Gasteiger partial charge >= 0.3 is 0 Å². The van der Waals surface area contributed by atoms with Gasteiger partial charge in [0.15, 0.2) is 0 Å². The molecule has 0 unspecified atom stereocenters. The van der Waals surface area contributed by atoms with Crippen molar-refractivity contribution in [2.45, 2.75) is 6.54 Å². The second-order valence-electron chi connectivity index (χ2n) is 5.82. The highest BCUT2D eigenvalue weighted by molar-refractivity contribution is 6.34. The molecule has 6 heteroatoms. The molecule has 2 N–H and O–H groups in total. The number of carbonyl (C=O) groups excluding carboxylic acids is 2. The summed E-state index contributed by atoms with van der Waals surface area (Å²) in [4.78, 5) is 24.8. The first-order valence-electron chi connectivity index (χ1n) is 8.21. The lowest BCUT2D eigenvalue weighted by Crippen LogP contribution is -2.23. The molecule has 0 aliphatic rings. The molecule has 0 atom stereocenters. The summed E-state index contributed by atoms with van der Waals surface area (Å²) in [6.45, 7) is 0.367. The fraction of sp³-hybridized carbons (Fsp3) is 0.0476. The van der Waals surface area contributed by atoms with Crippen LogP contribution in [0.3, 0.4) is 0 Å². The number of benzene rings is 3. The van der Waals surface area contributed by atoms with Crippen molar-refractivity contribution in [3.05, 3.63) is 99.5 Å². The van der Waals surface area contributed by atoms with Gasteiger partial charge in [-0.15, -0.1) is 0 Å². The molecule has 3 aromatic carbocycles. The monoisotopic (exact) mass is 398 g/mol. The van der Waals surface area contributed by atoms with Gasteiger partial charge in [0.25, 0.3) is 11.8 Å². The van der Waals surface area contributed by atoms with Crippen LogP contribution in [0.25, 0.3) is 0 Å². The molecule has 27 heavy (non-hydrogen) atoms. The van der Waals surface area contributed by atoms with Crippen LogP contribution in [-0.2, 0) is 6.54 Å². The van der Waals surface area contributed by atoms with Gasteiger partial charge in [0, 0.05) is 22.7 Å². The fourth-order valence-corrected chi connectivity index (χ4v) is 2.75. The molecule has 2 amide bonds. The van der Waals surface area contributed by atoms with Crippen LogP contribution in [0.5, 0.6) is 0 Å². The minimum absolute atomic E-state index is 0.266. The van der Waals surface area contributed by atoms with Gasteiger partial charge in [-0.2, -0.15) is 0 Å². The van der Waals surface area contributed by atoms with E-state index in [0.29, 0.717) is 33.4 Å². The van der Waals surface area contributed by atoms with E-state index >= 15 is 0 Å². The molecule has 4 nitrogen and oxygen atoms in total. The highest BCUT2D eigenvalue weighted by Crippen LogP contribution is 2.21. The standard InChI is InChI=1S/C21H16Cl2N2O2/c22-17-10-8-14(9-11-17)13-24-20(26)15-4-3-5-16(12-15)21(27)25-19-7-2-1-6-18(19)23/h1-12H,13H2,(H,24,26)(H,25,27). The smallest absolute Gasteiger partial charge is 0.255 e. The van der Waals surface area contributed by atoms with E-state index in [-0.39, 0.29) is 11.8 Å². The summed E-state index contributed by atoms with van der Waals surface area (Å²) in [6.07, 6.45) is 0. The zero-order chi connectivity index (χ0) is 19.2. The molecular weight excluding hydrogens is 383 g/mol. The summed E-state index contributed by atoms with van der Waals surface area (Å²) < 4.78 is 0. The van der Waals surface area contributed by atoms with Gasteiger partial charge in [0.1, 0.15) is 0 Å². The molecule has 0 fully saturated rings. The van der Waals surface area contributed by atoms with Crippen molar-refractivity contribution in [2.24, 2.45) is 0 Å². The van der Waals surface area contributed by atoms with Crippen LogP contribution in [-0.4, -0.2) is 11.8 Å². The Morgan fingerprint density at radius 2 is 1.44 bits per heavy atom. The van der Waals surface area contributed by atoms with Crippen molar-refractivity contribution in [3.63, 3.8) is 0 Å². The Morgan fingerprint density at radius 3 is 2.15 bits per heavy atom. The molecule has 0 bridgehead atoms. The first-order chi connectivity index (χ1) is 13.0. The van der Waals surface area contributed by atoms with Gasteiger partial charge < -0.3 is 10.6 Å². The van der Waals surface area contributed by atoms with E-state index in [2.05, 4.69) is 10.6 Å². The first-order valence-corrected chi connectivity index (χ1v) is 8.97. The van der Waals surface area contributed by atoms with E-state index in [1.165, 1.54) is 0 Å². The molecule has 0 radical (unpaired) electrons. The number of carbonyl (C=O) groups is 2. The second-order valence-corrected chi connectivity index (χ2v) is 6.67. The maximum atomic E-state index is 12.4. The third-order valence-corrected chi connectivity index (χ3v) is 4.46. The number of anilines is 1. The van der Waals surface area contributed by atoms with Crippen LogP contribution in [0.15, 0.2) is 72.8 Å². The summed E-state index contributed by atoms with van der Waals surface area (Å²) in [7, 11) is 0. The van der Waals surface area contributed by atoms with Gasteiger partial charge in [0.05, 0.1) is 10.7 Å². The van der Waals surface area contributed by atoms with E-state index in [4.69, 9.17) is 23.2 Å². The second kappa shape index (κ2) is 8.71. The van der Waals surface area contributed by atoms with Crippen LogP contribution < -0.4 is 10.6 Å². The first kappa shape index (κ1) is 19.0. The fourth-order valence-electron chi connectivity index (χ4n) is 2.45. The van der Waals surface area contributed by atoms with Crippen LogP contribution >= 0.6 is 23.2 Å². The zero-order valence-corrected chi connectivity index (χ0v) is 15.7. The molecule has 0 heterocycles. The lowest BCUT2D eigenvalue weighted by molar-refractivity contribution is 0.0951. The summed E-state index contributed by atoms with van der Waals surface area (Å²) in [5.41, 5.74) is 2.21. The lowest BCUT2D eigenvalue weighted by Gasteiger charge is -2.09. The summed E-state index contributed by atoms with van der Waals surface area (Å²) in [5, 5.41) is 6.65. The SMILES string of the molecule is O=C(NCc1ccc(Cl)cc1)c1cccc(C(=O)Nc2ccccc2Cl)c1. The van der Waals surface area contributed by atoms with Gasteiger partial charge in [-0.05, 0) is 48.0 Å². The van der Waals surface area contributed by atoms with Crippen molar-refractivity contribution in [1.82, 2.24) is 5.32 Å². The van der Waals surface area contributed by atoms with Crippen molar-refractivity contribution >= 4 is 40.7 Å². The average molecular weight is 399 g/mol. The van der Waals surface area contributed by atoms with Crippen molar-refractivity contribution in [3.8, 4) is 0 Å². The molecule has 3 aromatic rings. The quantitative estimate of drug-likeness (QED) is 0.622. The highest BCUT2D eigenvalue weighted by atomic mass is 35.5. The lowest BCUT2D eigenvalue weighted by atomic mass is 10.1. The van der Waals surface area contributed by atoms with Gasteiger partial charge in [0.2, 0.25) is 0 Å². The number of amides is 2. The minimum Gasteiger partial charge on any atom is -0.348 e. The number of para-hydroxylation sites is 1. The van der Waals surface area contributed by atoms with E-state index in [9.17, 15) is 9.59 Å². The largest absolute Gasteiger partial charge is 0.348 e. The minimum atomic E-state index is -0.338. The van der Waals surface area contributed by atoms with Crippen LogP contribution in [0.1, 0.15) is 26.3 Å². The number of nitrogens with one attached hydrogen (secondary N) is 2. The number of halogens is 2. The summed E-state index contributed by atoms with van der Waals surface area (Å²) >= 11 is 11.9. The molecule has 0 aromatic heterocycles. The Kier molecular flexibility index (Phi) is 6.12. The Bertz CT molecular complexity index is 972. The maximum Gasteiger partial charge on any atom is 0.255 e. The topological polar surface area (TPSA) is 58.2 Å². The number of rotatable bonds is 5. The van der Waals surface area contributed by atoms with E-state index < -0.39 is 0 Å². The molecule has 0 saturated carbocycles. The molecular formula is C21H16Cl2N2O2. The summed E-state index contributed by atoms with van der Waals surface area (Å²) in [5.74, 6) is -0.604. The van der Waals surface area contributed by atoms with Crippen molar-refractivity contribution in [1.29, 1.82) is 0 Å².